The first kappa shape index (κ1) is 29.3. The van der Waals surface area contributed by atoms with Crippen molar-refractivity contribution in [2.45, 2.75) is 105 Å². The fraction of sp³-hybridized carbons (Fsp3) is 0.576. The number of hydrogen-bond acceptors (Lipinski definition) is 5. The number of piperidine rings is 1. The van der Waals surface area contributed by atoms with Crippen LogP contribution in [-0.2, 0) is 29.2 Å². The number of hydrogen-bond donors (Lipinski definition) is 1. The maximum Gasteiger partial charge on any atom is 0.254 e. The fourth-order valence-corrected chi connectivity index (χ4v) is 5.94. The first-order valence-electron chi connectivity index (χ1n) is 14.8. The van der Waals surface area contributed by atoms with Crippen LogP contribution in [0.3, 0.4) is 0 Å². The Morgan fingerprint density at radius 2 is 1.72 bits per heavy atom. The van der Waals surface area contributed by atoms with E-state index in [1.54, 1.807) is 6.92 Å². The summed E-state index contributed by atoms with van der Waals surface area (Å²) in [6.45, 7) is 14.7. The molecule has 212 valence electrons. The third kappa shape index (κ3) is 8.15. The minimum absolute atomic E-state index is 0.0858. The Hall–Kier alpha value is -2.70. The highest BCUT2D eigenvalue weighted by Gasteiger charge is 2.34. The predicted octanol–water partition coefficient (Wildman–Crippen LogP) is 6.43. The molecule has 1 unspecified atom stereocenters. The molecule has 0 radical (unpaired) electrons. The maximum absolute atomic E-state index is 13.4. The number of rotatable bonds is 13. The Morgan fingerprint density at radius 3 is 2.36 bits per heavy atom. The predicted molar refractivity (Wildman–Crippen MR) is 158 cm³/mol. The molecule has 1 atom stereocenters. The zero-order valence-electron chi connectivity index (χ0n) is 24.5. The van der Waals surface area contributed by atoms with Gasteiger partial charge in [0.15, 0.2) is 0 Å². The van der Waals surface area contributed by atoms with Crippen molar-refractivity contribution in [2.75, 3.05) is 18.4 Å². The van der Waals surface area contributed by atoms with Crippen molar-refractivity contribution >= 4 is 17.4 Å². The lowest BCUT2D eigenvalue weighted by molar-refractivity contribution is -0.117. The SMILES string of the molecule is CC(=O)CCC(CC(C)C)N1Cc2c(NCc3ccc(CN4CCC(OC(C)C)CC4)cc3)cccc2C1=O. The summed E-state index contributed by atoms with van der Waals surface area (Å²) in [7, 11) is 0. The summed E-state index contributed by atoms with van der Waals surface area (Å²) in [5.41, 5.74) is 5.44. The highest BCUT2D eigenvalue weighted by molar-refractivity contribution is 6.00. The van der Waals surface area contributed by atoms with Crippen molar-refractivity contribution < 1.29 is 14.3 Å². The molecule has 1 fully saturated rings. The number of benzene rings is 2. The number of carbonyl (C=O) groups excluding carboxylic acids is 2. The molecule has 1 saturated heterocycles. The smallest absolute Gasteiger partial charge is 0.254 e. The molecule has 2 aliphatic heterocycles. The van der Waals surface area contributed by atoms with E-state index in [9.17, 15) is 9.59 Å². The first-order chi connectivity index (χ1) is 18.7. The topological polar surface area (TPSA) is 61.9 Å². The van der Waals surface area contributed by atoms with E-state index in [0.717, 1.165) is 62.1 Å². The third-order valence-electron chi connectivity index (χ3n) is 7.92. The molecule has 1 N–H and O–H groups in total. The van der Waals surface area contributed by atoms with Crippen LogP contribution >= 0.6 is 0 Å². The van der Waals surface area contributed by atoms with Crippen molar-refractivity contribution in [3.05, 3.63) is 64.7 Å². The Morgan fingerprint density at radius 1 is 1.03 bits per heavy atom. The number of anilines is 1. The number of Topliss-reactive ketones (excluding diaryl/α,β-unsaturated/α-hetero) is 1. The maximum atomic E-state index is 13.4. The van der Waals surface area contributed by atoms with Gasteiger partial charge in [-0.1, -0.05) is 44.2 Å². The van der Waals surface area contributed by atoms with Crippen LogP contribution in [0.5, 0.6) is 0 Å². The van der Waals surface area contributed by atoms with Crippen LogP contribution in [0.15, 0.2) is 42.5 Å². The lowest BCUT2D eigenvalue weighted by Gasteiger charge is -2.32. The van der Waals surface area contributed by atoms with Crippen LogP contribution < -0.4 is 5.32 Å². The number of fused-ring (bicyclic) bond motifs is 1. The van der Waals surface area contributed by atoms with Gasteiger partial charge in [-0.3, -0.25) is 9.69 Å². The molecule has 39 heavy (non-hydrogen) atoms. The van der Waals surface area contributed by atoms with Gasteiger partial charge in [0.2, 0.25) is 0 Å². The first-order valence-corrected chi connectivity index (χ1v) is 14.8. The molecule has 0 aromatic heterocycles. The van der Waals surface area contributed by atoms with Crippen LogP contribution in [0.1, 0.15) is 93.8 Å². The van der Waals surface area contributed by atoms with Crippen LogP contribution in [0.25, 0.3) is 0 Å². The Balaban J connectivity index is 1.33. The lowest BCUT2D eigenvalue weighted by Crippen LogP contribution is -2.37. The molecule has 0 bridgehead atoms. The van der Waals surface area contributed by atoms with E-state index in [2.05, 4.69) is 68.2 Å². The lowest BCUT2D eigenvalue weighted by atomic mass is 9.97. The van der Waals surface area contributed by atoms with Crippen molar-refractivity contribution in [3.63, 3.8) is 0 Å². The van der Waals surface area contributed by atoms with Crippen LogP contribution in [0.4, 0.5) is 5.69 Å². The van der Waals surface area contributed by atoms with Crippen molar-refractivity contribution in [2.24, 2.45) is 5.92 Å². The fourth-order valence-electron chi connectivity index (χ4n) is 5.94. The zero-order chi connectivity index (χ0) is 27.9. The van der Waals surface area contributed by atoms with Gasteiger partial charge in [-0.2, -0.15) is 0 Å². The van der Waals surface area contributed by atoms with Gasteiger partial charge in [-0.25, -0.2) is 0 Å². The molecule has 2 aliphatic rings. The van der Waals surface area contributed by atoms with Crippen LogP contribution in [0.2, 0.25) is 0 Å². The minimum atomic E-state index is 0.0858. The Labute approximate surface area is 235 Å². The summed E-state index contributed by atoms with van der Waals surface area (Å²) >= 11 is 0. The molecule has 0 aliphatic carbocycles. The summed E-state index contributed by atoms with van der Waals surface area (Å²) < 4.78 is 5.99. The average Bonchev–Trinajstić information content (AvgIpc) is 3.23. The highest BCUT2D eigenvalue weighted by atomic mass is 16.5. The standard InChI is InChI=1S/C33H47N3O3/c1-23(2)19-28(14-9-25(5)37)36-22-31-30(33(36)38)7-6-8-32(31)34-20-26-10-12-27(13-11-26)21-35-17-15-29(16-18-35)39-24(3)4/h6-8,10-13,23-24,28-29,34H,9,14-22H2,1-5H3. The van der Waals surface area contributed by atoms with Crippen molar-refractivity contribution in [1.82, 2.24) is 9.80 Å². The van der Waals surface area contributed by atoms with Gasteiger partial charge in [-0.15, -0.1) is 0 Å². The summed E-state index contributed by atoms with van der Waals surface area (Å²) in [6, 6.07) is 14.9. The molecule has 0 spiro atoms. The van der Waals surface area contributed by atoms with E-state index in [1.165, 1.54) is 11.1 Å². The van der Waals surface area contributed by atoms with Gasteiger partial charge < -0.3 is 19.7 Å². The van der Waals surface area contributed by atoms with E-state index >= 15 is 0 Å². The second-order valence-electron chi connectivity index (χ2n) is 12.1. The molecule has 2 heterocycles. The Bertz CT molecular complexity index is 1100. The average molecular weight is 534 g/mol. The van der Waals surface area contributed by atoms with E-state index in [4.69, 9.17) is 4.74 Å². The van der Waals surface area contributed by atoms with Crippen molar-refractivity contribution in [1.29, 1.82) is 0 Å². The number of ether oxygens (including phenoxy) is 1. The number of likely N-dealkylation sites (tertiary alicyclic amines) is 1. The molecular formula is C33H47N3O3. The molecule has 1 amide bonds. The number of ketones is 1. The quantitative estimate of drug-likeness (QED) is 0.322. The molecule has 6 nitrogen and oxygen atoms in total. The van der Waals surface area contributed by atoms with E-state index in [-0.39, 0.29) is 17.7 Å². The number of amides is 1. The molecular weight excluding hydrogens is 486 g/mol. The number of carbonyl (C=O) groups is 2. The summed E-state index contributed by atoms with van der Waals surface area (Å²) in [5, 5.41) is 3.60. The van der Waals surface area contributed by atoms with Crippen molar-refractivity contribution in [3.8, 4) is 0 Å². The molecule has 6 heteroatoms. The number of nitrogens with one attached hydrogen (secondary N) is 1. The van der Waals surface area contributed by atoms with Gasteiger partial charge >= 0.3 is 0 Å². The monoisotopic (exact) mass is 533 g/mol. The second-order valence-corrected chi connectivity index (χ2v) is 12.1. The zero-order valence-corrected chi connectivity index (χ0v) is 24.5. The summed E-state index contributed by atoms with van der Waals surface area (Å²) in [4.78, 5) is 29.5. The number of nitrogens with zero attached hydrogens (tertiary/aromatic N) is 2. The summed E-state index contributed by atoms with van der Waals surface area (Å²) in [6.07, 6.45) is 5.07. The van der Waals surface area contributed by atoms with Gasteiger partial charge in [0.05, 0.1) is 12.2 Å². The Kier molecular flexibility index (Phi) is 10.2. The molecule has 2 aromatic rings. The largest absolute Gasteiger partial charge is 0.381 e. The molecule has 0 saturated carbocycles. The van der Waals surface area contributed by atoms with Gasteiger partial charge in [0.25, 0.3) is 5.91 Å². The second kappa shape index (κ2) is 13.6. The molecule has 4 rings (SSSR count). The third-order valence-corrected chi connectivity index (χ3v) is 7.92. The molecule has 2 aromatic carbocycles. The van der Waals surface area contributed by atoms with E-state index < -0.39 is 0 Å². The van der Waals surface area contributed by atoms with Gasteiger partial charge in [-0.05, 0) is 75.6 Å². The summed E-state index contributed by atoms with van der Waals surface area (Å²) in [5.74, 6) is 0.735. The van der Waals surface area contributed by atoms with Crippen LogP contribution in [0, 0.1) is 5.92 Å². The van der Waals surface area contributed by atoms with Crippen LogP contribution in [-0.4, -0.2) is 52.8 Å². The van der Waals surface area contributed by atoms with Gasteiger partial charge in [0, 0.05) is 62.0 Å². The minimum Gasteiger partial charge on any atom is -0.381 e. The van der Waals surface area contributed by atoms with E-state index in [1.807, 2.05) is 17.0 Å². The highest BCUT2D eigenvalue weighted by Crippen LogP contribution is 2.33. The normalized spacial score (nSPS) is 17.2. The van der Waals surface area contributed by atoms with E-state index in [0.29, 0.717) is 37.6 Å². The van der Waals surface area contributed by atoms with Gasteiger partial charge in [0.1, 0.15) is 5.78 Å².